The summed E-state index contributed by atoms with van der Waals surface area (Å²) in [6.45, 7) is 0.215. The summed E-state index contributed by atoms with van der Waals surface area (Å²) in [6.07, 6.45) is 1.54. The van der Waals surface area contributed by atoms with Gasteiger partial charge in [-0.1, -0.05) is 30.0 Å². The van der Waals surface area contributed by atoms with Crippen molar-refractivity contribution in [2.24, 2.45) is 5.10 Å². The number of tetrazole rings is 1. The number of para-hydroxylation sites is 1. The van der Waals surface area contributed by atoms with E-state index in [9.17, 15) is 4.79 Å². The van der Waals surface area contributed by atoms with Crippen LogP contribution in [0, 0.1) is 0 Å². The largest absolute Gasteiger partial charge is 0.454 e. The third-order valence-corrected chi connectivity index (χ3v) is 4.49. The lowest BCUT2D eigenvalue weighted by Gasteiger charge is -2.03. The van der Waals surface area contributed by atoms with Crippen molar-refractivity contribution < 1.29 is 14.3 Å². The van der Waals surface area contributed by atoms with Crippen LogP contribution in [0.2, 0.25) is 0 Å². The third kappa shape index (κ3) is 4.06. The maximum atomic E-state index is 12.0. The summed E-state index contributed by atoms with van der Waals surface area (Å²) in [5.41, 5.74) is 4.10. The quantitative estimate of drug-likeness (QED) is 0.393. The van der Waals surface area contributed by atoms with Crippen LogP contribution in [0.25, 0.3) is 5.69 Å². The van der Waals surface area contributed by atoms with Gasteiger partial charge in [-0.05, 0) is 46.3 Å². The van der Waals surface area contributed by atoms with Crippen LogP contribution in [0.5, 0.6) is 11.5 Å². The zero-order valence-corrected chi connectivity index (χ0v) is 14.8. The summed E-state index contributed by atoms with van der Waals surface area (Å²) in [6, 6.07) is 14.9. The fourth-order valence-corrected chi connectivity index (χ4v) is 3.02. The van der Waals surface area contributed by atoms with Crippen molar-refractivity contribution in [2.75, 3.05) is 12.5 Å². The first kappa shape index (κ1) is 17.0. The number of thioether (sulfide) groups is 1. The minimum absolute atomic E-state index is 0.131. The van der Waals surface area contributed by atoms with E-state index in [0.29, 0.717) is 16.7 Å². The van der Waals surface area contributed by atoms with Crippen LogP contribution in [-0.2, 0) is 4.79 Å². The molecule has 1 aromatic heterocycles. The number of benzene rings is 2. The molecular weight excluding hydrogens is 368 g/mol. The molecule has 0 unspecified atom stereocenters. The first-order valence-electron chi connectivity index (χ1n) is 7.98. The van der Waals surface area contributed by atoms with Gasteiger partial charge in [-0.2, -0.15) is 9.78 Å². The molecule has 10 heteroatoms. The highest BCUT2D eigenvalue weighted by atomic mass is 32.2. The van der Waals surface area contributed by atoms with Gasteiger partial charge in [-0.15, -0.1) is 5.10 Å². The average molecular weight is 382 g/mol. The number of amides is 1. The molecule has 0 bridgehead atoms. The Morgan fingerprint density at radius 2 is 2.07 bits per heavy atom. The molecule has 0 atom stereocenters. The molecule has 1 aliphatic rings. The highest BCUT2D eigenvalue weighted by molar-refractivity contribution is 7.99. The van der Waals surface area contributed by atoms with Crippen LogP contribution < -0.4 is 14.9 Å². The monoisotopic (exact) mass is 382 g/mol. The van der Waals surface area contributed by atoms with Gasteiger partial charge in [-0.3, -0.25) is 4.79 Å². The Balaban J connectivity index is 1.31. The SMILES string of the molecule is O=C(CSc1nnnn1-c1ccccc1)N/N=C/c1ccc2c(c1)OCO2. The van der Waals surface area contributed by atoms with Crippen LogP contribution in [0.4, 0.5) is 0 Å². The van der Waals surface area contributed by atoms with Crippen LogP contribution in [0.3, 0.4) is 0 Å². The van der Waals surface area contributed by atoms with Crippen LogP contribution in [0.1, 0.15) is 5.56 Å². The van der Waals surface area contributed by atoms with Crippen molar-refractivity contribution in [1.82, 2.24) is 25.6 Å². The van der Waals surface area contributed by atoms with Crippen molar-refractivity contribution in [1.29, 1.82) is 0 Å². The average Bonchev–Trinajstić information content (AvgIpc) is 3.36. The summed E-state index contributed by atoms with van der Waals surface area (Å²) in [7, 11) is 0. The normalized spacial score (nSPS) is 12.4. The van der Waals surface area contributed by atoms with Crippen LogP contribution in [-0.4, -0.2) is 44.9 Å². The number of fused-ring (bicyclic) bond motifs is 1. The van der Waals surface area contributed by atoms with Gasteiger partial charge in [-0.25, -0.2) is 5.43 Å². The van der Waals surface area contributed by atoms with Crippen molar-refractivity contribution >= 4 is 23.9 Å². The highest BCUT2D eigenvalue weighted by Gasteiger charge is 2.13. The molecule has 4 rings (SSSR count). The summed E-state index contributed by atoms with van der Waals surface area (Å²) in [5, 5.41) is 16.0. The smallest absolute Gasteiger partial charge is 0.250 e. The molecule has 27 heavy (non-hydrogen) atoms. The number of hydrazone groups is 1. The van der Waals surface area contributed by atoms with Gasteiger partial charge in [0.25, 0.3) is 5.91 Å². The molecule has 1 aliphatic heterocycles. The summed E-state index contributed by atoms with van der Waals surface area (Å²) >= 11 is 1.22. The number of carbonyl (C=O) groups excluding carboxylic acids is 1. The van der Waals surface area contributed by atoms with Gasteiger partial charge < -0.3 is 9.47 Å². The number of nitrogens with zero attached hydrogens (tertiary/aromatic N) is 5. The Labute approximate surface area is 158 Å². The molecule has 2 heterocycles. The lowest BCUT2D eigenvalue weighted by atomic mass is 10.2. The molecule has 3 aromatic rings. The highest BCUT2D eigenvalue weighted by Crippen LogP contribution is 2.31. The van der Waals surface area contributed by atoms with E-state index >= 15 is 0 Å². The first-order valence-corrected chi connectivity index (χ1v) is 8.96. The fraction of sp³-hybridized carbons (Fsp3) is 0.118. The van der Waals surface area contributed by atoms with Gasteiger partial charge in [0, 0.05) is 0 Å². The van der Waals surface area contributed by atoms with Crippen molar-refractivity contribution in [3.63, 3.8) is 0 Å². The molecule has 2 aromatic carbocycles. The maximum Gasteiger partial charge on any atom is 0.250 e. The van der Waals surface area contributed by atoms with E-state index in [4.69, 9.17) is 9.47 Å². The Bertz CT molecular complexity index is 976. The standard InChI is InChI=1S/C17H14N6O3S/c24-16(19-18-9-12-6-7-14-15(8-12)26-11-25-14)10-27-17-20-21-22-23(17)13-4-2-1-3-5-13/h1-9H,10-11H2,(H,19,24)/b18-9+. The van der Waals surface area contributed by atoms with Gasteiger partial charge in [0.1, 0.15) is 0 Å². The second-order valence-corrected chi connectivity index (χ2v) is 6.35. The second-order valence-electron chi connectivity index (χ2n) is 5.40. The molecule has 1 amide bonds. The van der Waals surface area contributed by atoms with E-state index in [1.54, 1.807) is 23.0 Å². The summed E-state index contributed by atoms with van der Waals surface area (Å²) in [5.74, 6) is 1.23. The molecule has 0 aliphatic carbocycles. The maximum absolute atomic E-state index is 12.0. The number of rotatable bonds is 6. The minimum Gasteiger partial charge on any atom is -0.454 e. The molecule has 1 N–H and O–H groups in total. The zero-order valence-electron chi connectivity index (χ0n) is 14.0. The van der Waals surface area contributed by atoms with E-state index in [1.165, 1.54) is 11.8 Å². The number of hydrogen-bond donors (Lipinski definition) is 1. The Hall–Kier alpha value is -3.40. The van der Waals surface area contributed by atoms with Crippen LogP contribution in [0.15, 0.2) is 58.8 Å². The van der Waals surface area contributed by atoms with Crippen molar-refractivity contribution in [2.45, 2.75) is 5.16 Å². The number of nitrogens with one attached hydrogen (secondary N) is 1. The molecule has 0 fully saturated rings. The van der Waals surface area contributed by atoms with Gasteiger partial charge in [0.15, 0.2) is 11.5 Å². The summed E-state index contributed by atoms with van der Waals surface area (Å²) < 4.78 is 12.1. The predicted octanol–water partition coefficient (Wildman–Crippen LogP) is 1.63. The minimum atomic E-state index is -0.264. The molecule has 0 radical (unpaired) electrons. The van der Waals surface area contributed by atoms with E-state index < -0.39 is 0 Å². The zero-order chi connectivity index (χ0) is 18.5. The van der Waals surface area contributed by atoms with E-state index in [1.807, 2.05) is 36.4 Å². The second kappa shape index (κ2) is 7.87. The first-order chi connectivity index (χ1) is 13.3. The molecule has 0 spiro atoms. The van der Waals surface area contributed by atoms with E-state index in [-0.39, 0.29) is 18.5 Å². The molecule has 0 saturated heterocycles. The number of carbonyl (C=O) groups is 1. The number of hydrogen-bond acceptors (Lipinski definition) is 8. The fourth-order valence-electron chi connectivity index (χ4n) is 2.33. The molecule has 136 valence electrons. The van der Waals surface area contributed by atoms with Crippen molar-refractivity contribution in [3.05, 3.63) is 54.1 Å². The van der Waals surface area contributed by atoms with Crippen molar-refractivity contribution in [3.8, 4) is 17.2 Å². The van der Waals surface area contributed by atoms with Gasteiger partial charge >= 0.3 is 0 Å². The van der Waals surface area contributed by atoms with E-state index in [2.05, 4.69) is 26.1 Å². The lowest BCUT2D eigenvalue weighted by molar-refractivity contribution is -0.118. The van der Waals surface area contributed by atoms with E-state index in [0.717, 1.165) is 11.3 Å². The number of ether oxygens (including phenoxy) is 2. The molecular formula is C17H14N6O3S. The van der Waals surface area contributed by atoms with Gasteiger partial charge in [0.2, 0.25) is 11.9 Å². The Kier molecular flexibility index (Phi) is 4.97. The van der Waals surface area contributed by atoms with Crippen LogP contribution >= 0.6 is 11.8 Å². The predicted molar refractivity (Wildman–Crippen MR) is 98.2 cm³/mol. The Morgan fingerprint density at radius 1 is 1.22 bits per heavy atom. The molecule has 0 saturated carbocycles. The Morgan fingerprint density at radius 3 is 2.96 bits per heavy atom. The molecule has 9 nitrogen and oxygen atoms in total. The lowest BCUT2D eigenvalue weighted by Crippen LogP contribution is -2.20. The summed E-state index contributed by atoms with van der Waals surface area (Å²) in [4.78, 5) is 12.0. The topological polar surface area (TPSA) is 104 Å². The third-order valence-electron chi connectivity index (χ3n) is 3.57. The number of aromatic nitrogens is 4. The van der Waals surface area contributed by atoms with Gasteiger partial charge in [0.05, 0.1) is 17.7 Å².